The van der Waals surface area contributed by atoms with E-state index in [9.17, 15) is 0 Å². The Bertz CT molecular complexity index is 813. The smallest absolute Gasteiger partial charge is 0.182 e. The van der Waals surface area contributed by atoms with E-state index in [1.54, 1.807) is 12.4 Å². The van der Waals surface area contributed by atoms with E-state index in [1.807, 2.05) is 50.2 Å². The molecule has 6 nitrogen and oxygen atoms in total. The highest BCUT2D eigenvalue weighted by molar-refractivity contribution is 6.09. The number of nitrogens with zero attached hydrogens (tertiary/aromatic N) is 2. The van der Waals surface area contributed by atoms with Crippen LogP contribution in [0.2, 0.25) is 0 Å². The van der Waals surface area contributed by atoms with Gasteiger partial charge in [0.05, 0.1) is 22.4 Å². The molecule has 6 heteroatoms. The first-order chi connectivity index (χ1) is 11.5. The summed E-state index contributed by atoms with van der Waals surface area (Å²) in [6, 6.07) is 11.7. The Hall–Kier alpha value is -3.28. The van der Waals surface area contributed by atoms with E-state index in [2.05, 4.69) is 9.97 Å². The summed E-state index contributed by atoms with van der Waals surface area (Å²) in [6.07, 6.45) is 3.81. The van der Waals surface area contributed by atoms with Crippen molar-refractivity contribution in [1.82, 2.24) is 9.97 Å². The molecule has 0 radical (unpaired) electrons. The quantitative estimate of drug-likeness (QED) is 0.404. The van der Waals surface area contributed by atoms with Crippen LogP contribution in [0.1, 0.15) is 11.1 Å². The lowest BCUT2D eigenvalue weighted by Gasteiger charge is -1.98. The Kier molecular flexibility index (Phi) is 7.57. The van der Waals surface area contributed by atoms with Gasteiger partial charge in [-0.3, -0.25) is 19.6 Å². The molecular weight excluding hydrogens is 304 g/mol. The molecule has 0 aliphatic rings. The molecule has 1 aromatic heterocycles. The SMILES string of the molecule is Cc1ccc(N)c(N)c1.Cc1ccc2nccnc2c1.O=CC=O. The Morgan fingerprint density at radius 2 is 1.29 bits per heavy atom. The van der Waals surface area contributed by atoms with Gasteiger partial charge in [-0.15, -0.1) is 0 Å². The van der Waals surface area contributed by atoms with E-state index < -0.39 is 0 Å². The lowest BCUT2D eigenvalue weighted by molar-refractivity contribution is -0.122. The number of aromatic nitrogens is 2. The second-order valence-electron chi connectivity index (χ2n) is 4.95. The number of carbonyl (C=O) groups excluding carboxylic acids is 2. The first-order valence-electron chi connectivity index (χ1n) is 7.16. The summed E-state index contributed by atoms with van der Waals surface area (Å²) in [6.45, 7) is 4.03. The van der Waals surface area contributed by atoms with Crippen molar-refractivity contribution in [3.63, 3.8) is 0 Å². The minimum Gasteiger partial charge on any atom is -0.397 e. The fourth-order valence-electron chi connectivity index (χ4n) is 1.77. The van der Waals surface area contributed by atoms with Crippen LogP contribution in [0.25, 0.3) is 11.0 Å². The molecule has 124 valence electrons. The van der Waals surface area contributed by atoms with Crippen LogP contribution in [-0.4, -0.2) is 22.5 Å². The number of aldehydes is 2. The van der Waals surface area contributed by atoms with Gasteiger partial charge >= 0.3 is 0 Å². The monoisotopic (exact) mass is 324 g/mol. The summed E-state index contributed by atoms with van der Waals surface area (Å²) in [4.78, 5) is 26.0. The average Bonchev–Trinajstić information content (AvgIpc) is 2.59. The molecule has 0 unspecified atom stereocenters. The number of hydrogen-bond acceptors (Lipinski definition) is 6. The van der Waals surface area contributed by atoms with Crippen molar-refractivity contribution in [3.8, 4) is 0 Å². The first-order valence-corrected chi connectivity index (χ1v) is 7.16. The van der Waals surface area contributed by atoms with E-state index in [-0.39, 0.29) is 12.6 Å². The number of carbonyl (C=O) groups is 2. The van der Waals surface area contributed by atoms with Gasteiger partial charge in [0.2, 0.25) is 0 Å². The summed E-state index contributed by atoms with van der Waals surface area (Å²) in [5.74, 6) is 0. The van der Waals surface area contributed by atoms with Gasteiger partial charge in [0.25, 0.3) is 0 Å². The van der Waals surface area contributed by atoms with Crippen LogP contribution in [-0.2, 0) is 9.59 Å². The average molecular weight is 324 g/mol. The van der Waals surface area contributed by atoms with Gasteiger partial charge in [0.1, 0.15) is 0 Å². The zero-order chi connectivity index (χ0) is 17.9. The van der Waals surface area contributed by atoms with Crippen molar-refractivity contribution < 1.29 is 9.59 Å². The largest absolute Gasteiger partial charge is 0.397 e. The minimum atomic E-state index is 0.194. The van der Waals surface area contributed by atoms with Crippen LogP contribution in [0.4, 0.5) is 11.4 Å². The fraction of sp³-hybridized carbons (Fsp3) is 0.111. The normalized spacial score (nSPS) is 9.08. The third kappa shape index (κ3) is 6.23. The van der Waals surface area contributed by atoms with Crippen molar-refractivity contribution in [2.45, 2.75) is 13.8 Å². The predicted octanol–water partition coefficient (Wildman–Crippen LogP) is 2.48. The first kappa shape index (κ1) is 18.8. The van der Waals surface area contributed by atoms with Crippen molar-refractivity contribution in [3.05, 3.63) is 59.9 Å². The molecule has 0 atom stereocenters. The summed E-state index contributed by atoms with van der Waals surface area (Å²) < 4.78 is 0. The van der Waals surface area contributed by atoms with Crippen LogP contribution >= 0.6 is 0 Å². The van der Waals surface area contributed by atoms with E-state index >= 15 is 0 Å². The summed E-state index contributed by atoms with van der Waals surface area (Å²) in [7, 11) is 0. The van der Waals surface area contributed by atoms with Gasteiger partial charge in [0, 0.05) is 12.4 Å². The number of nitrogens with two attached hydrogens (primary N) is 2. The highest BCUT2D eigenvalue weighted by atomic mass is 16.2. The number of nitrogen functional groups attached to an aromatic ring is 2. The summed E-state index contributed by atoms with van der Waals surface area (Å²) >= 11 is 0. The molecule has 0 aliphatic carbocycles. The lowest BCUT2D eigenvalue weighted by atomic mass is 10.2. The van der Waals surface area contributed by atoms with Crippen LogP contribution in [0.3, 0.4) is 0 Å². The standard InChI is InChI=1S/C9H8N2.C7H10N2.C2H2O2/c1-7-2-3-8-9(6-7)11-5-4-10-8;1-5-2-3-6(8)7(9)4-5;3-1-2-4/h2-6H,1H3;2-4H,8-9H2,1H3;1-2H. The Morgan fingerprint density at radius 1 is 0.750 bits per heavy atom. The number of aryl methyl sites for hydroxylation is 2. The Morgan fingerprint density at radius 3 is 1.83 bits per heavy atom. The van der Waals surface area contributed by atoms with Gasteiger partial charge in [-0.2, -0.15) is 0 Å². The lowest BCUT2D eigenvalue weighted by Crippen LogP contribution is -1.93. The van der Waals surface area contributed by atoms with E-state index in [1.165, 1.54) is 5.56 Å². The predicted molar refractivity (Wildman–Crippen MR) is 96.4 cm³/mol. The van der Waals surface area contributed by atoms with Crippen LogP contribution in [0.15, 0.2) is 48.8 Å². The molecule has 3 rings (SSSR count). The summed E-state index contributed by atoms with van der Waals surface area (Å²) in [5, 5.41) is 0. The topological polar surface area (TPSA) is 112 Å². The second-order valence-corrected chi connectivity index (χ2v) is 4.95. The maximum absolute atomic E-state index is 8.81. The molecule has 0 saturated carbocycles. The molecule has 0 fully saturated rings. The number of benzene rings is 2. The van der Waals surface area contributed by atoms with Crippen molar-refractivity contribution in [2.24, 2.45) is 0 Å². The number of hydrogen-bond donors (Lipinski definition) is 2. The molecule has 1 heterocycles. The molecule has 0 bridgehead atoms. The van der Waals surface area contributed by atoms with Crippen LogP contribution in [0.5, 0.6) is 0 Å². The third-order valence-electron chi connectivity index (χ3n) is 2.92. The van der Waals surface area contributed by atoms with Gasteiger partial charge < -0.3 is 11.5 Å². The highest BCUT2D eigenvalue weighted by Gasteiger charge is 1.92. The number of anilines is 2. The van der Waals surface area contributed by atoms with Crippen LogP contribution < -0.4 is 11.5 Å². The van der Waals surface area contributed by atoms with Gasteiger partial charge in [-0.25, -0.2) is 0 Å². The zero-order valence-corrected chi connectivity index (χ0v) is 13.6. The highest BCUT2D eigenvalue weighted by Crippen LogP contribution is 2.14. The second kappa shape index (κ2) is 9.68. The van der Waals surface area contributed by atoms with Crippen molar-refractivity contribution in [1.29, 1.82) is 0 Å². The maximum Gasteiger partial charge on any atom is 0.182 e. The van der Waals surface area contributed by atoms with Gasteiger partial charge in [-0.1, -0.05) is 12.1 Å². The number of rotatable bonds is 1. The molecule has 24 heavy (non-hydrogen) atoms. The maximum atomic E-state index is 8.81. The van der Waals surface area contributed by atoms with E-state index in [4.69, 9.17) is 21.1 Å². The molecule has 0 spiro atoms. The molecule has 0 amide bonds. The van der Waals surface area contributed by atoms with Crippen molar-refractivity contribution >= 4 is 35.0 Å². The molecular formula is C18H20N4O2. The molecule has 3 aromatic rings. The van der Waals surface area contributed by atoms with Gasteiger partial charge in [0.15, 0.2) is 12.6 Å². The fourth-order valence-corrected chi connectivity index (χ4v) is 1.77. The minimum absolute atomic E-state index is 0.194. The summed E-state index contributed by atoms with van der Waals surface area (Å²) in [5.41, 5.74) is 16.6. The third-order valence-corrected chi connectivity index (χ3v) is 2.92. The molecule has 0 saturated heterocycles. The van der Waals surface area contributed by atoms with Crippen LogP contribution in [0, 0.1) is 13.8 Å². The van der Waals surface area contributed by atoms with E-state index in [0.717, 1.165) is 16.6 Å². The van der Waals surface area contributed by atoms with Gasteiger partial charge in [-0.05, 0) is 49.2 Å². The van der Waals surface area contributed by atoms with E-state index in [0.29, 0.717) is 11.4 Å². The number of fused-ring (bicyclic) bond motifs is 1. The Balaban J connectivity index is 0.000000201. The zero-order valence-electron chi connectivity index (χ0n) is 13.6. The van der Waals surface area contributed by atoms with Crippen molar-refractivity contribution in [2.75, 3.05) is 11.5 Å². The molecule has 2 aromatic carbocycles. The molecule has 0 aliphatic heterocycles. The Labute approximate surface area is 140 Å². The molecule has 4 N–H and O–H groups in total.